The Labute approximate surface area is 116 Å². The number of carbonyl (C=O) groups is 2. The van der Waals surface area contributed by atoms with E-state index in [4.69, 9.17) is 10.5 Å². The Morgan fingerprint density at radius 1 is 1.40 bits per heavy atom. The molecule has 4 N–H and O–H groups in total. The zero-order valence-corrected chi connectivity index (χ0v) is 11.4. The van der Waals surface area contributed by atoms with Gasteiger partial charge in [-0.25, -0.2) is 9.78 Å². The molecule has 0 spiro atoms. The summed E-state index contributed by atoms with van der Waals surface area (Å²) in [5.74, 6) is -0.403. The van der Waals surface area contributed by atoms with Crippen molar-refractivity contribution in [2.75, 3.05) is 45.0 Å². The molecule has 8 nitrogen and oxygen atoms in total. The number of pyridine rings is 1. The number of anilines is 2. The fourth-order valence-electron chi connectivity index (χ4n) is 1.38. The van der Waals surface area contributed by atoms with Crippen LogP contribution in [-0.2, 0) is 14.3 Å². The number of hydrogen-bond donors (Lipinski definition) is 3. The lowest BCUT2D eigenvalue weighted by molar-refractivity contribution is -0.119. The van der Waals surface area contributed by atoms with Gasteiger partial charge in [-0.05, 0) is 6.07 Å². The average Bonchev–Trinajstić information content (AvgIpc) is 2.46. The van der Waals surface area contributed by atoms with Gasteiger partial charge in [0.1, 0.15) is 5.82 Å². The van der Waals surface area contributed by atoms with Gasteiger partial charge in [0.05, 0.1) is 37.7 Å². The second-order valence-electron chi connectivity index (χ2n) is 3.84. The highest BCUT2D eigenvalue weighted by Gasteiger charge is 2.12. The summed E-state index contributed by atoms with van der Waals surface area (Å²) in [4.78, 5) is 26.9. The molecule has 0 fully saturated rings. The minimum absolute atomic E-state index is 0.0290. The molecule has 0 aliphatic carbocycles. The summed E-state index contributed by atoms with van der Waals surface area (Å²) in [6.07, 6.45) is 1.33. The first kappa shape index (κ1) is 15.7. The van der Waals surface area contributed by atoms with Crippen molar-refractivity contribution in [1.29, 1.82) is 0 Å². The number of hydrogen-bond acceptors (Lipinski definition) is 7. The Bertz CT molecular complexity index is 479. The standard InChI is InChI=1S/C12H18N4O4/c1-19-4-3-14-11(17)7-16-10-5-8(12(18)20-2)9(13)6-15-10/h5-6H,3-4,7,13H2,1-2H3,(H,14,17)(H,15,16). The molecule has 110 valence electrons. The number of nitrogens with zero attached hydrogens (tertiary/aromatic N) is 1. The van der Waals surface area contributed by atoms with Crippen LogP contribution in [0.25, 0.3) is 0 Å². The van der Waals surface area contributed by atoms with Crippen LogP contribution in [-0.4, -0.2) is 50.8 Å². The fourth-order valence-corrected chi connectivity index (χ4v) is 1.38. The van der Waals surface area contributed by atoms with E-state index in [9.17, 15) is 9.59 Å². The number of carbonyl (C=O) groups excluding carboxylic acids is 2. The number of nitrogen functional groups attached to an aromatic ring is 1. The topological polar surface area (TPSA) is 116 Å². The van der Waals surface area contributed by atoms with Gasteiger partial charge in [-0.1, -0.05) is 0 Å². The summed E-state index contributed by atoms with van der Waals surface area (Å²) in [5, 5.41) is 5.43. The summed E-state index contributed by atoms with van der Waals surface area (Å²) in [6, 6.07) is 1.43. The van der Waals surface area contributed by atoms with Gasteiger partial charge in [-0.2, -0.15) is 0 Å². The summed E-state index contributed by atoms with van der Waals surface area (Å²) >= 11 is 0. The molecule has 0 aliphatic rings. The molecule has 1 rings (SSSR count). The van der Waals surface area contributed by atoms with Crippen molar-refractivity contribution < 1.29 is 19.1 Å². The SMILES string of the molecule is COCCNC(=O)CNc1cc(C(=O)OC)c(N)cn1. The highest BCUT2D eigenvalue weighted by Crippen LogP contribution is 2.15. The van der Waals surface area contributed by atoms with E-state index in [1.54, 1.807) is 7.11 Å². The molecular weight excluding hydrogens is 264 g/mol. The van der Waals surface area contributed by atoms with Crippen molar-refractivity contribution in [1.82, 2.24) is 10.3 Å². The van der Waals surface area contributed by atoms with Crippen molar-refractivity contribution in [3.63, 3.8) is 0 Å². The number of ether oxygens (including phenoxy) is 2. The lowest BCUT2D eigenvalue weighted by Crippen LogP contribution is -2.32. The molecule has 1 amide bonds. The van der Waals surface area contributed by atoms with Crippen LogP contribution >= 0.6 is 0 Å². The number of esters is 1. The molecule has 8 heteroatoms. The molecule has 0 aliphatic heterocycles. The normalized spacial score (nSPS) is 9.90. The van der Waals surface area contributed by atoms with Gasteiger partial charge < -0.3 is 25.8 Å². The first-order valence-corrected chi connectivity index (χ1v) is 5.91. The fraction of sp³-hybridized carbons (Fsp3) is 0.417. The first-order valence-electron chi connectivity index (χ1n) is 5.91. The zero-order chi connectivity index (χ0) is 15.0. The Balaban J connectivity index is 2.56. The maximum Gasteiger partial charge on any atom is 0.340 e. The van der Waals surface area contributed by atoms with Crippen molar-refractivity contribution in [2.24, 2.45) is 0 Å². The summed E-state index contributed by atoms with van der Waals surface area (Å²) in [7, 11) is 2.82. The Kier molecular flexibility index (Phi) is 6.24. The van der Waals surface area contributed by atoms with Crippen molar-refractivity contribution in [3.8, 4) is 0 Å². The van der Waals surface area contributed by atoms with Gasteiger partial charge in [0.2, 0.25) is 5.91 Å². The van der Waals surface area contributed by atoms with Gasteiger partial charge in [0.25, 0.3) is 0 Å². The van der Waals surface area contributed by atoms with Crippen LogP contribution in [0.1, 0.15) is 10.4 Å². The second-order valence-corrected chi connectivity index (χ2v) is 3.84. The number of aromatic nitrogens is 1. The number of methoxy groups -OCH3 is 2. The van der Waals surface area contributed by atoms with Crippen LogP contribution in [0.2, 0.25) is 0 Å². The molecule has 0 saturated carbocycles. The maximum absolute atomic E-state index is 11.5. The van der Waals surface area contributed by atoms with Gasteiger partial charge in [-0.15, -0.1) is 0 Å². The third-order valence-corrected chi connectivity index (χ3v) is 2.40. The van der Waals surface area contributed by atoms with Crippen LogP contribution in [0.15, 0.2) is 12.3 Å². The van der Waals surface area contributed by atoms with E-state index in [0.29, 0.717) is 19.0 Å². The Morgan fingerprint density at radius 3 is 2.80 bits per heavy atom. The minimum Gasteiger partial charge on any atom is -0.465 e. The molecule has 1 aromatic rings. The van der Waals surface area contributed by atoms with Crippen molar-refractivity contribution in [3.05, 3.63) is 17.8 Å². The van der Waals surface area contributed by atoms with Gasteiger partial charge in [0.15, 0.2) is 0 Å². The lowest BCUT2D eigenvalue weighted by atomic mass is 10.2. The van der Waals surface area contributed by atoms with Gasteiger partial charge in [0, 0.05) is 13.7 Å². The predicted octanol–water partition coefficient (Wildman–Crippen LogP) is -0.375. The largest absolute Gasteiger partial charge is 0.465 e. The highest BCUT2D eigenvalue weighted by atomic mass is 16.5. The maximum atomic E-state index is 11.5. The molecular formula is C12H18N4O4. The van der Waals surface area contributed by atoms with E-state index >= 15 is 0 Å². The monoisotopic (exact) mass is 282 g/mol. The van der Waals surface area contributed by atoms with E-state index < -0.39 is 5.97 Å². The highest BCUT2D eigenvalue weighted by molar-refractivity contribution is 5.95. The number of nitrogens with two attached hydrogens (primary N) is 1. The number of amides is 1. The molecule has 0 unspecified atom stereocenters. The van der Waals surface area contributed by atoms with E-state index in [1.165, 1.54) is 19.4 Å². The molecule has 20 heavy (non-hydrogen) atoms. The van der Waals surface area contributed by atoms with Crippen LogP contribution < -0.4 is 16.4 Å². The van der Waals surface area contributed by atoms with Crippen molar-refractivity contribution >= 4 is 23.4 Å². The molecule has 0 aromatic carbocycles. The Hall–Kier alpha value is -2.35. The Morgan fingerprint density at radius 2 is 2.15 bits per heavy atom. The van der Waals surface area contributed by atoms with E-state index in [2.05, 4.69) is 20.4 Å². The number of rotatable bonds is 7. The van der Waals surface area contributed by atoms with Crippen LogP contribution in [0, 0.1) is 0 Å². The minimum atomic E-state index is -0.558. The molecule has 1 aromatic heterocycles. The van der Waals surface area contributed by atoms with Gasteiger partial charge in [-0.3, -0.25) is 4.79 Å². The van der Waals surface area contributed by atoms with E-state index in [0.717, 1.165) is 0 Å². The van der Waals surface area contributed by atoms with E-state index in [1.807, 2.05) is 0 Å². The summed E-state index contributed by atoms with van der Waals surface area (Å²) in [5.41, 5.74) is 6.03. The van der Waals surface area contributed by atoms with Gasteiger partial charge >= 0.3 is 5.97 Å². The number of nitrogens with one attached hydrogen (secondary N) is 2. The molecule has 0 saturated heterocycles. The molecule has 1 heterocycles. The third-order valence-electron chi connectivity index (χ3n) is 2.40. The zero-order valence-electron chi connectivity index (χ0n) is 11.4. The smallest absolute Gasteiger partial charge is 0.340 e. The van der Waals surface area contributed by atoms with Crippen molar-refractivity contribution in [2.45, 2.75) is 0 Å². The van der Waals surface area contributed by atoms with E-state index in [-0.39, 0.29) is 23.7 Å². The van der Waals surface area contributed by atoms with Crippen LogP contribution in [0.5, 0.6) is 0 Å². The predicted molar refractivity (Wildman–Crippen MR) is 73.4 cm³/mol. The molecule has 0 bridgehead atoms. The first-order chi connectivity index (χ1) is 9.58. The lowest BCUT2D eigenvalue weighted by Gasteiger charge is -2.09. The van der Waals surface area contributed by atoms with Crippen LogP contribution in [0.3, 0.4) is 0 Å². The summed E-state index contributed by atoms with van der Waals surface area (Å²) < 4.78 is 9.41. The molecule has 0 radical (unpaired) electrons. The second kappa shape index (κ2) is 7.95. The average molecular weight is 282 g/mol. The van der Waals surface area contributed by atoms with Crippen LogP contribution in [0.4, 0.5) is 11.5 Å². The third kappa shape index (κ3) is 4.73. The summed E-state index contributed by atoms with van der Waals surface area (Å²) in [6.45, 7) is 0.902. The quantitative estimate of drug-likeness (QED) is 0.461. The molecule has 0 atom stereocenters.